The van der Waals surface area contributed by atoms with Crippen LogP contribution < -0.4 is 15.4 Å². The number of ether oxygens (including phenoxy) is 1. The Morgan fingerprint density at radius 2 is 2.00 bits per heavy atom. The second-order valence-electron chi connectivity index (χ2n) is 7.01. The van der Waals surface area contributed by atoms with Crippen LogP contribution in [0.5, 0.6) is 5.75 Å². The van der Waals surface area contributed by atoms with Crippen LogP contribution in [-0.2, 0) is 9.59 Å². The van der Waals surface area contributed by atoms with Crippen molar-refractivity contribution >= 4 is 46.9 Å². The number of hydrogen-bond acceptors (Lipinski definition) is 5. The number of halogens is 3. The maximum Gasteiger partial charge on any atom is 0.408 e. The number of nitrogens with zero attached hydrogens (tertiary/aromatic N) is 2. The summed E-state index contributed by atoms with van der Waals surface area (Å²) in [5.74, 6) is -1.34. The van der Waals surface area contributed by atoms with Crippen molar-refractivity contribution in [3.05, 3.63) is 52.4 Å². The zero-order valence-electron chi connectivity index (χ0n) is 16.6. The first-order valence-electron chi connectivity index (χ1n) is 9.52. The van der Waals surface area contributed by atoms with Crippen molar-refractivity contribution in [1.82, 2.24) is 15.2 Å². The number of likely N-dealkylation sites (tertiary alicyclic amines) is 1. The average molecular weight is 485 g/mol. The molecule has 12 heteroatoms. The number of hydrogen-bond donors (Lipinski definition) is 3. The van der Waals surface area contributed by atoms with Gasteiger partial charge in [-0.2, -0.15) is 0 Å². The second kappa shape index (κ2) is 10.5. The van der Waals surface area contributed by atoms with E-state index < -0.39 is 42.4 Å². The van der Waals surface area contributed by atoms with Gasteiger partial charge in [0.15, 0.2) is 6.61 Å². The summed E-state index contributed by atoms with van der Waals surface area (Å²) >= 11 is 11.4. The van der Waals surface area contributed by atoms with Gasteiger partial charge in [-0.1, -0.05) is 23.2 Å². The number of nitrogens with one attached hydrogen (secondary N) is 2. The number of pyridine rings is 1. The molecule has 3 rings (SSSR count). The quantitative estimate of drug-likeness (QED) is 0.578. The largest absolute Gasteiger partial charge is 0.484 e. The summed E-state index contributed by atoms with van der Waals surface area (Å²) in [7, 11) is 0. The number of carbonyl (C=O) groups is 3. The molecule has 0 saturated carbocycles. The van der Waals surface area contributed by atoms with Crippen molar-refractivity contribution < 1.29 is 28.6 Å². The minimum atomic E-state index is -1.29. The highest BCUT2D eigenvalue weighted by Crippen LogP contribution is 2.21. The Morgan fingerprint density at radius 1 is 1.22 bits per heavy atom. The molecule has 32 heavy (non-hydrogen) atoms. The van der Waals surface area contributed by atoms with Gasteiger partial charge in [0.1, 0.15) is 23.4 Å². The van der Waals surface area contributed by atoms with Gasteiger partial charge in [-0.3, -0.25) is 14.5 Å². The predicted molar refractivity (Wildman–Crippen MR) is 114 cm³/mol. The van der Waals surface area contributed by atoms with E-state index in [4.69, 9.17) is 27.9 Å². The lowest BCUT2D eigenvalue weighted by Gasteiger charge is -2.37. The van der Waals surface area contributed by atoms with Crippen molar-refractivity contribution in [1.29, 1.82) is 0 Å². The molecule has 2 heterocycles. The van der Waals surface area contributed by atoms with Crippen LogP contribution in [0, 0.1) is 5.82 Å². The summed E-state index contributed by atoms with van der Waals surface area (Å²) in [6, 6.07) is 5.38. The third-order valence-corrected chi connectivity index (χ3v) is 5.27. The third kappa shape index (κ3) is 6.21. The Bertz CT molecular complexity index is 1010. The number of aromatic nitrogens is 1. The third-order valence-electron chi connectivity index (χ3n) is 4.73. The highest BCUT2D eigenvalue weighted by molar-refractivity contribution is 6.30. The number of piperidine rings is 1. The number of benzene rings is 1. The molecule has 9 nitrogen and oxygen atoms in total. The topological polar surface area (TPSA) is 121 Å². The molecule has 2 aromatic rings. The van der Waals surface area contributed by atoms with Crippen molar-refractivity contribution in [2.45, 2.75) is 24.9 Å². The zero-order chi connectivity index (χ0) is 23.3. The number of amides is 3. The van der Waals surface area contributed by atoms with Crippen molar-refractivity contribution in [3.8, 4) is 5.75 Å². The van der Waals surface area contributed by atoms with Crippen LogP contribution in [0.3, 0.4) is 0 Å². The van der Waals surface area contributed by atoms with Crippen LogP contribution in [0.4, 0.5) is 15.0 Å². The molecule has 0 radical (unpaired) electrons. The normalized spacial score (nSPS) is 18.0. The highest BCUT2D eigenvalue weighted by atomic mass is 35.5. The predicted octanol–water partition coefficient (Wildman–Crippen LogP) is 3.17. The molecule has 1 aliphatic rings. The molecule has 3 amide bonds. The minimum absolute atomic E-state index is 0.0665. The summed E-state index contributed by atoms with van der Waals surface area (Å²) in [5.41, 5.74) is 0. The second-order valence-corrected chi connectivity index (χ2v) is 7.85. The number of carboxylic acid groups (broad SMARTS) is 1. The zero-order valence-corrected chi connectivity index (χ0v) is 18.1. The number of carbonyl (C=O) groups excluding carboxylic acids is 2. The lowest BCUT2D eigenvalue weighted by molar-refractivity contribution is -0.125. The van der Waals surface area contributed by atoms with E-state index in [1.54, 1.807) is 6.07 Å². The summed E-state index contributed by atoms with van der Waals surface area (Å²) in [4.78, 5) is 41.4. The fourth-order valence-corrected chi connectivity index (χ4v) is 3.45. The fraction of sp³-hybridized carbons (Fsp3) is 0.300. The van der Waals surface area contributed by atoms with Gasteiger partial charge in [-0.15, -0.1) is 0 Å². The Kier molecular flexibility index (Phi) is 7.70. The minimum Gasteiger partial charge on any atom is -0.484 e. The maximum absolute atomic E-state index is 13.4. The van der Waals surface area contributed by atoms with Gasteiger partial charge in [0, 0.05) is 24.8 Å². The molecular weight excluding hydrogens is 466 g/mol. The van der Waals surface area contributed by atoms with Crippen LogP contribution >= 0.6 is 23.2 Å². The first kappa shape index (κ1) is 23.6. The van der Waals surface area contributed by atoms with Gasteiger partial charge in [0.05, 0.1) is 10.0 Å². The van der Waals surface area contributed by atoms with Gasteiger partial charge in [0.25, 0.3) is 5.91 Å². The standard InChI is InChI=1S/C20H19Cl2FN4O5/c21-11-1-6-17(24-8-11)26-19(29)16-5-2-12(9-27(16)20(30)31)25-18(28)10-32-13-3-4-14(22)15(23)7-13/h1,3-4,6-8,12,16H,2,5,9-10H2,(H,25,28)(H,30,31)(H,24,26,29)/t12-,16+/m0/s1. The maximum atomic E-state index is 13.4. The molecule has 2 atom stereocenters. The molecular formula is C20H19Cl2FN4O5. The summed E-state index contributed by atoms with van der Waals surface area (Å²) in [6.07, 6.45) is 0.636. The van der Waals surface area contributed by atoms with Crippen molar-refractivity contribution in [3.63, 3.8) is 0 Å². The van der Waals surface area contributed by atoms with Gasteiger partial charge < -0.3 is 20.5 Å². The van der Waals surface area contributed by atoms with E-state index >= 15 is 0 Å². The molecule has 0 bridgehead atoms. The summed E-state index contributed by atoms with van der Waals surface area (Å²) in [5, 5.41) is 15.1. The first-order chi connectivity index (χ1) is 15.2. The average Bonchev–Trinajstić information content (AvgIpc) is 2.76. The van der Waals surface area contributed by atoms with Gasteiger partial charge in [-0.25, -0.2) is 14.2 Å². The molecule has 1 aromatic heterocycles. The summed E-state index contributed by atoms with van der Waals surface area (Å²) in [6.45, 7) is -0.473. The number of anilines is 1. The van der Waals surface area contributed by atoms with E-state index in [-0.39, 0.29) is 29.6 Å². The molecule has 0 spiro atoms. The molecule has 1 aromatic carbocycles. The van der Waals surface area contributed by atoms with Gasteiger partial charge in [0.2, 0.25) is 5.91 Å². The Morgan fingerprint density at radius 3 is 2.66 bits per heavy atom. The monoisotopic (exact) mass is 484 g/mol. The summed E-state index contributed by atoms with van der Waals surface area (Å²) < 4.78 is 18.7. The van der Waals surface area contributed by atoms with E-state index in [1.165, 1.54) is 24.4 Å². The Hall–Kier alpha value is -3.11. The van der Waals surface area contributed by atoms with E-state index in [9.17, 15) is 23.9 Å². The molecule has 3 N–H and O–H groups in total. The van der Waals surface area contributed by atoms with Crippen molar-refractivity contribution in [2.24, 2.45) is 0 Å². The Labute approximate surface area is 192 Å². The van der Waals surface area contributed by atoms with Crippen LogP contribution in [0.15, 0.2) is 36.5 Å². The molecule has 1 aliphatic heterocycles. The Balaban J connectivity index is 1.53. The molecule has 0 unspecified atom stereocenters. The SMILES string of the molecule is O=C(COc1ccc(Cl)c(F)c1)N[C@H]1CC[C@H](C(=O)Nc2ccc(Cl)cn2)N(C(=O)O)C1. The van der Waals surface area contributed by atoms with Gasteiger partial charge in [-0.05, 0) is 37.1 Å². The van der Waals surface area contributed by atoms with Crippen LogP contribution in [-0.4, -0.2) is 58.1 Å². The number of rotatable bonds is 6. The van der Waals surface area contributed by atoms with Crippen molar-refractivity contribution in [2.75, 3.05) is 18.5 Å². The van der Waals surface area contributed by atoms with Crippen LogP contribution in [0.2, 0.25) is 10.0 Å². The van der Waals surface area contributed by atoms with E-state index in [2.05, 4.69) is 15.6 Å². The van der Waals surface area contributed by atoms with E-state index in [0.29, 0.717) is 11.4 Å². The van der Waals surface area contributed by atoms with Crippen LogP contribution in [0.25, 0.3) is 0 Å². The van der Waals surface area contributed by atoms with Gasteiger partial charge >= 0.3 is 6.09 Å². The first-order valence-corrected chi connectivity index (χ1v) is 10.3. The fourth-order valence-electron chi connectivity index (χ4n) is 3.22. The van der Waals surface area contributed by atoms with E-state index in [0.717, 1.165) is 11.0 Å². The lowest BCUT2D eigenvalue weighted by atomic mass is 9.98. The molecule has 170 valence electrons. The smallest absolute Gasteiger partial charge is 0.408 e. The highest BCUT2D eigenvalue weighted by Gasteiger charge is 2.36. The molecule has 1 saturated heterocycles. The molecule has 0 aliphatic carbocycles. The van der Waals surface area contributed by atoms with Crippen LogP contribution in [0.1, 0.15) is 12.8 Å². The lowest BCUT2D eigenvalue weighted by Crippen LogP contribution is -2.57. The van der Waals surface area contributed by atoms with E-state index in [1.807, 2.05) is 0 Å². The molecule has 1 fully saturated rings.